The van der Waals surface area contributed by atoms with Crippen LogP contribution in [-0.2, 0) is 4.79 Å². The number of nitrogens with zero attached hydrogens (tertiary/aromatic N) is 2. The molecule has 0 radical (unpaired) electrons. The van der Waals surface area contributed by atoms with Gasteiger partial charge in [-0.3, -0.25) is 4.79 Å². The lowest BCUT2D eigenvalue weighted by atomic mass is 9.82. The molecule has 1 aliphatic heterocycles. The van der Waals surface area contributed by atoms with Crippen molar-refractivity contribution >= 4 is 18.3 Å². The predicted molar refractivity (Wildman–Crippen MR) is 97.3 cm³/mol. The fourth-order valence-corrected chi connectivity index (χ4v) is 3.88. The number of rotatable bonds is 4. The van der Waals surface area contributed by atoms with Crippen LogP contribution in [0.1, 0.15) is 43.6 Å². The maximum atomic E-state index is 13.4. The predicted octanol–water partition coefficient (Wildman–Crippen LogP) is 3.33. The quantitative estimate of drug-likeness (QED) is 0.867. The first-order valence-corrected chi connectivity index (χ1v) is 8.89. The third kappa shape index (κ3) is 4.93. The van der Waals surface area contributed by atoms with Gasteiger partial charge in [-0.2, -0.15) is 5.26 Å². The Morgan fingerprint density at radius 1 is 1.23 bits per heavy atom. The van der Waals surface area contributed by atoms with Crippen LogP contribution in [0.4, 0.5) is 8.78 Å². The highest BCUT2D eigenvalue weighted by Gasteiger charge is 2.35. The molecule has 0 aromatic heterocycles. The Bertz CT molecular complexity index is 641. The highest BCUT2D eigenvalue weighted by molar-refractivity contribution is 5.85. The molecule has 0 unspecified atom stereocenters. The van der Waals surface area contributed by atoms with E-state index in [2.05, 4.69) is 5.32 Å². The number of nitrogens with one attached hydrogen (secondary N) is 1. The van der Waals surface area contributed by atoms with E-state index >= 15 is 0 Å². The molecule has 0 spiro atoms. The third-order valence-electron chi connectivity index (χ3n) is 5.33. The average Bonchev–Trinajstić information content (AvgIpc) is 3.02. The van der Waals surface area contributed by atoms with Crippen molar-refractivity contribution in [2.24, 2.45) is 0 Å². The number of likely N-dealkylation sites (tertiary alicyclic amines) is 1. The monoisotopic (exact) mass is 383 g/mol. The third-order valence-corrected chi connectivity index (χ3v) is 5.33. The van der Waals surface area contributed by atoms with E-state index in [0.717, 1.165) is 25.7 Å². The van der Waals surface area contributed by atoms with Crippen LogP contribution in [-0.4, -0.2) is 42.2 Å². The van der Waals surface area contributed by atoms with Gasteiger partial charge in [0.25, 0.3) is 0 Å². The summed E-state index contributed by atoms with van der Waals surface area (Å²) in [6.45, 7) is 0.173. The Morgan fingerprint density at radius 3 is 2.50 bits per heavy atom. The topological polar surface area (TPSA) is 56.1 Å². The number of halogens is 3. The maximum absolute atomic E-state index is 13.4. The molecule has 1 heterocycles. The first-order chi connectivity index (χ1) is 12.1. The number of carbonyl (C=O) groups excluding carboxylic acids is 1. The molecule has 1 aromatic rings. The lowest BCUT2D eigenvalue weighted by Crippen LogP contribution is -2.44. The van der Waals surface area contributed by atoms with Crippen LogP contribution in [0.25, 0.3) is 0 Å². The summed E-state index contributed by atoms with van der Waals surface area (Å²) in [5.41, 5.74) is 1.17. The van der Waals surface area contributed by atoms with Crippen molar-refractivity contribution in [2.45, 2.75) is 56.3 Å². The van der Waals surface area contributed by atoms with Gasteiger partial charge in [-0.25, -0.2) is 8.78 Å². The molecular weight excluding hydrogens is 360 g/mol. The van der Waals surface area contributed by atoms with Crippen molar-refractivity contribution in [2.75, 3.05) is 13.1 Å². The first kappa shape index (κ1) is 20.6. The van der Waals surface area contributed by atoms with Crippen LogP contribution in [0.5, 0.6) is 0 Å². The smallest absolute Gasteiger partial charge is 0.237 e. The second kappa shape index (κ2) is 9.29. The molecule has 1 saturated heterocycles. The van der Waals surface area contributed by atoms with Gasteiger partial charge >= 0.3 is 0 Å². The maximum Gasteiger partial charge on any atom is 0.237 e. The van der Waals surface area contributed by atoms with Gasteiger partial charge in [0.05, 0.1) is 19.2 Å². The fraction of sp³-hybridized carbons (Fsp3) is 0.579. The van der Waals surface area contributed by atoms with E-state index in [9.17, 15) is 13.6 Å². The number of alkyl halides is 1. The molecule has 4 nitrogen and oxygen atoms in total. The van der Waals surface area contributed by atoms with E-state index in [4.69, 9.17) is 5.26 Å². The van der Waals surface area contributed by atoms with E-state index in [1.165, 1.54) is 22.6 Å². The normalized spacial score (nSPS) is 28.3. The van der Waals surface area contributed by atoms with Crippen molar-refractivity contribution in [3.8, 4) is 6.07 Å². The second-order valence-corrected chi connectivity index (χ2v) is 7.00. The zero-order valence-corrected chi connectivity index (χ0v) is 15.4. The van der Waals surface area contributed by atoms with Gasteiger partial charge < -0.3 is 10.2 Å². The van der Waals surface area contributed by atoms with Gasteiger partial charge in [0, 0.05) is 12.5 Å². The van der Waals surface area contributed by atoms with Crippen LogP contribution >= 0.6 is 12.4 Å². The highest BCUT2D eigenvalue weighted by Crippen LogP contribution is 2.32. The Morgan fingerprint density at radius 2 is 1.88 bits per heavy atom. The first-order valence-electron chi connectivity index (χ1n) is 8.89. The lowest BCUT2D eigenvalue weighted by Gasteiger charge is -2.30. The van der Waals surface area contributed by atoms with Crippen molar-refractivity contribution in [1.82, 2.24) is 10.2 Å². The molecule has 142 valence electrons. The van der Waals surface area contributed by atoms with Crippen molar-refractivity contribution < 1.29 is 13.6 Å². The van der Waals surface area contributed by atoms with Crippen LogP contribution in [0, 0.1) is 17.1 Å². The highest BCUT2D eigenvalue weighted by atomic mass is 35.5. The molecule has 26 heavy (non-hydrogen) atoms. The molecule has 7 heteroatoms. The Balaban J connectivity index is 0.00000243. The van der Waals surface area contributed by atoms with Crippen LogP contribution in [0.2, 0.25) is 0 Å². The number of hydrogen-bond donors (Lipinski definition) is 1. The van der Waals surface area contributed by atoms with Gasteiger partial charge in [0.2, 0.25) is 5.91 Å². The van der Waals surface area contributed by atoms with Gasteiger partial charge in [-0.1, -0.05) is 12.1 Å². The Hall–Kier alpha value is -1.71. The standard InChI is InChI=1S/C19H23F2N3O.ClH/c20-15-5-1-13(2-6-15)14-3-7-17(8-4-14)23-11-19(25)24-12-16(21)9-18(24)10-22;/h1-2,5-6,14,16-18,23H,3-4,7-9,11-12H2;1H/t14?,16-,17?,18-;/m0./s1. The Kier molecular flexibility index (Phi) is 7.36. The minimum absolute atomic E-state index is 0. The lowest BCUT2D eigenvalue weighted by molar-refractivity contribution is -0.130. The molecular formula is C19H24ClF2N3O. The van der Waals surface area contributed by atoms with Crippen molar-refractivity contribution in [1.29, 1.82) is 5.26 Å². The number of benzene rings is 1. The number of hydrogen-bond acceptors (Lipinski definition) is 3. The molecule has 1 aromatic carbocycles. The summed E-state index contributed by atoms with van der Waals surface area (Å²) in [4.78, 5) is 13.6. The van der Waals surface area contributed by atoms with Crippen molar-refractivity contribution in [3.63, 3.8) is 0 Å². The summed E-state index contributed by atoms with van der Waals surface area (Å²) in [5.74, 6) is 0.0151. The average molecular weight is 384 g/mol. The van der Waals surface area contributed by atoms with Crippen LogP contribution < -0.4 is 5.32 Å². The molecule has 0 bridgehead atoms. The van der Waals surface area contributed by atoms with E-state index in [0.29, 0.717) is 5.92 Å². The summed E-state index contributed by atoms with van der Waals surface area (Å²) in [6, 6.07) is 8.31. The molecule has 1 amide bonds. The van der Waals surface area contributed by atoms with Crippen LogP contribution in [0.15, 0.2) is 24.3 Å². The molecule has 2 fully saturated rings. The van der Waals surface area contributed by atoms with Crippen LogP contribution in [0.3, 0.4) is 0 Å². The molecule has 3 rings (SSSR count). The van der Waals surface area contributed by atoms with E-state index in [-0.39, 0.29) is 49.7 Å². The van der Waals surface area contributed by atoms with E-state index in [1.54, 1.807) is 0 Å². The van der Waals surface area contributed by atoms with Crippen molar-refractivity contribution in [3.05, 3.63) is 35.6 Å². The largest absolute Gasteiger partial charge is 0.323 e. The molecule has 1 aliphatic carbocycles. The van der Waals surface area contributed by atoms with E-state index in [1.807, 2.05) is 18.2 Å². The number of amides is 1. The van der Waals surface area contributed by atoms with E-state index < -0.39 is 12.2 Å². The van der Waals surface area contributed by atoms with Gasteiger partial charge in [0.1, 0.15) is 18.0 Å². The zero-order valence-electron chi connectivity index (χ0n) is 14.5. The summed E-state index contributed by atoms with van der Waals surface area (Å²) >= 11 is 0. The zero-order chi connectivity index (χ0) is 17.8. The minimum atomic E-state index is -1.10. The summed E-state index contributed by atoms with van der Waals surface area (Å²) in [6.07, 6.45) is 2.90. The number of carbonyl (C=O) groups is 1. The molecule has 2 aliphatic rings. The fourth-order valence-electron chi connectivity index (χ4n) is 3.88. The summed E-state index contributed by atoms with van der Waals surface area (Å²) < 4.78 is 26.4. The molecule has 1 N–H and O–H groups in total. The SMILES string of the molecule is Cl.N#C[C@@H]1C[C@H](F)CN1C(=O)CNC1CCC(c2ccc(F)cc2)CC1. The Labute approximate surface area is 159 Å². The molecule has 1 saturated carbocycles. The van der Waals surface area contributed by atoms with Gasteiger partial charge in [0.15, 0.2) is 0 Å². The summed E-state index contributed by atoms with van der Waals surface area (Å²) in [5, 5.41) is 12.3. The van der Waals surface area contributed by atoms with Gasteiger partial charge in [-0.05, 0) is 49.3 Å². The summed E-state index contributed by atoms with van der Waals surface area (Å²) in [7, 11) is 0. The van der Waals surface area contributed by atoms with Gasteiger partial charge in [-0.15, -0.1) is 12.4 Å². The molecule has 2 atom stereocenters. The second-order valence-electron chi connectivity index (χ2n) is 7.00. The number of nitriles is 1. The minimum Gasteiger partial charge on any atom is -0.323 e.